The lowest BCUT2D eigenvalue weighted by Gasteiger charge is -2.34. The number of hydrogen-bond donors (Lipinski definition) is 0. The maximum Gasteiger partial charge on any atom is 0.243 e. The van der Waals surface area contributed by atoms with Crippen LogP contribution in [0.15, 0.2) is 35.2 Å². The lowest BCUT2D eigenvalue weighted by Crippen LogP contribution is -2.50. The Morgan fingerprint density at radius 2 is 1.35 bits per heavy atom. The summed E-state index contributed by atoms with van der Waals surface area (Å²) in [4.78, 5) is 14.7. The first kappa shape index (κ1) is 25.4. The molecule has 11 heteroatoms. The van der Waals surface area contributed by atoms with E-state index in [0.29, 0.717) is 34.3 Å². The molecule has 0 aliphatic carbocycles. The minimum absolute atomic E-state index is 0.0892. The van der Waals surface area contributed by atoms with Crippen LogP contribution in [-0.2, 0) is 21.2 Å². The predicted molar refractivity (Wildman–Crippen MR) is 125 cm³/mol. The molecule has 3 rings (SSSR count). The molecule has 1 aliphatic rings. The van der Waals surface area contributed by atoms with Gasteiger partial charge in [0.15, 0.2) is 23.0 Å². The Labute approximate surface area is 200 Å². The topological polar surface area (TPSA) is 104 Å². The second-order valence-corrected chi connectivity index (χ2v) is 9.41. The van der Waals surface area contributed by atoms with Crippen molar-refractivity contribution in [2.45, 2.75) is 11.3 Å². The molecule has 0 aromatic heterocycles. The molecule has 2 aromatic carbocycles. The number of sulfonamides is 1. The van der Waals surface area contributed by atoms with Crippen LogP contribution in [0.4, 0.5) is 0 Å². The highest BCUT2D eigenvalue weighted by Gasteiger charge is 2.31. The van der Waals surface area contributed by atoms with Crippen LogP contribution >= 0.6 is 0 Å². The number of nitrogens with zero attached hydrogens (tertiary/aromatic N) is 2. The SMILES string of the molecule is COc1ccc(S(=O)(=O)N2CCN(C(=O)Cc3ccc(OC)c(OC)c3OC)CC2)cc1OC. The first-order chi connectivity index (χ1) is 16.3. The lowest BCUT2D eigenvalue weighted by molar-refractivity contribution is -0.131. The number of benzene rings is 2. The summed E-state index contributed by atoms with van der Waals surface area (Å²) in [5, 5.41) is 0. The average molecular weight is 495 g/mol. The largest absolute Gasteiger partial charge is 0.493 e. The minimum Gasteiger partial charge on any atom is -0.493 e. The molecule has 1 aliphatic heterocycles. The van der Waals surface area contributed by atoms with E-state index in [1.165, 1.54) is 52.0 Å². The Kier molecular flexibility index (Phi) is 8.11. The lowest BCUT2D eigenvalue weighted by atomic mass is 10.1. The molecule has 1 amide bonds. The summed E-state index contributed by atoms with van der Waals surface area (Å²) < 4.78 is 54.2. The number of carbonyl (C=O) groups is 1. The number of carbonyl (C=O) groups excluding carboxylic acids is 1. The summed E-state index contributed by atoms with van der Waals surface area (Å²) in [6.07, 6.45) is 0.0892. The van der Waals surface area contributed by atoms with Crippen molar-refractivity contribution < 1.29 is 36.9 Å². The van der Waals surface area contributed by atoms with Crippen molar-refractivity contribution in [3.05, 3.63) is 35.9 Å². The molecule has 0 atom stereocenters. The van der Waals surface area contributed by atoms with E-state index >= 15 is 0 Å². The van der Waals surface area contributed by atoms with Crippen LogP contribution in [-0.4, -0.2) is 85.3 Å². The fourth-order valence-corrected chi connectivity index (χ4v) is 5.32. The van der Waals surface area contributed by atoms with Crippen LogP contribution in [0.2, 0.25) is 0 Å². The van der Waals surface area contributed by atoms with Gasteiger partial charge in [0.05, 0.1) is 46.9 Å². The number of hydrogen-bond acceptors (Lipinski definition) is 8. The zero-order valence-electron chi connectivity index (χ0n) is 20.0. The molecule has 10 nitrogen and oxygen atoms in total. The first-order valence-corrected chi connectivity index (χ1v) is 12.0. The van der Waals surface area contributed by atoms with Gasteiger partial charge in [0.2, 0.25) is 21.7 Å². The Hall–Kier alpha value is -3.18. The second kappa shape index (κ2) is 10.8. The summed E-state index contributed by atoms with van der Waals surface area (Å²) in [6, 6.07) is 7.96. The highest BCUT2D eigenvalue weighted by atomic mass is 32.2. The van der Waals surface area contributed by atoms with Crippen LogP contribution in [0, 0.1) is 0 Å². The van der Waals surface area contributed by atoms with Gasteiger partial charge in [0.1, 0.15) is 0 Å². The van der Waals surface area contributed by atoms with Gasteiger partial charge in [0.25, 0.3) is 0 Å². The van der Waals surface area contributed by atoms with Crippen molar-refractivity contribution in [1.82, 2.24) is 9.21 Å². The van der Waals surface area contributed by atoms with E-state index in [0.717, 1.165) is 0 Å². The summed E-state index contributed by atoms with van der Waals surface area (Å²) in [5.74, 6) is 2.01. The normalized spacial score (nSPS) is 14.4. The maximum absolute atomic E-state index is 13.1. The number of amides is 1. The van der Waals surface area contributed by atoms with Gasteiger partial charge in [-0.25, -0.2) is 8.42 Å². The standard InChI is InChI=1S/C23H30N2O8S/c1-29-18-9-7-17(15-20(18)31-3)34(27,28)25-12-10-24(11-13-25)21(26)14-16-6-8-19(30-2)23(33-5)22(16)32-4/h6-9,15H,10-14H2,1-5H3. The molecular weight excluding hydrogens is 464 g/mol. The van der Waals surface area contributed by atoms with Gasteiger partial charge < -0.3 is 28.6 Å². The molecule has 1 saturated heterocycles. The Morgan fingerprint density at radius 3 is 1.91 bits per heavy atom. The summed E-state index contributed by atoms with van der Waals surface area (Å²) in [5.41, 5.74) is 0.658. The van der Waals surface area contributed by atoms with E-state index in [-0.39, 0.29) is 43.4 Å². The van der Waals surface area contributed by atoms with Gasteiger partial charge in [-0.2, -0.15) is 4.31 Å². The van der Waals surface area contributed by atoms with E-state index in [1.54, 1.807) is 23.1 Å². The predicted octanol–water partition coefficient (Wildman–Crippen LogP) is 1.81. The molecule has 0 spiro atoms. The quantitative estimate of drug-likeness (QED) is 0.520. The van der Waals surface area contributed by atoms with Gasteiger partial charge in [0, 0.05) is 37.8 Å². The monoisotopic (exact) mass is 494 g/mol. The van der Waals surface area contributed by atoms with E-state index in [2.05, 4.69) is 0 Å². The van der Waals surface area contributed by atoms with Gasteiger partial charge in [-0.15, -0.1) is 0 Å². The molecule has 34 heavy (non-hydrogen) atoms. The molecule has 0 bridgehead atoms. The molecule has 2 aromatic rings. The zero-order chi connectivity index (χ0) is 24.9. The van der Waals surface area contributed by atoms with E-state index in [1.807, 2.05) is 0 Å². The molecule has 1 fully saturated rings. The third kappa shape index (κ3) is 5.00. The average Bonchev–Trinajstić information content (AvgIpc) is 2.87. The fourth-order valence-electron chi connectivity index (χ4n) is 3.88. The maximum atomic E-state index is 13.1. The van der Waals surface area contributed by atoms with Crippen molar-refractivity contribution in [2.75, 3.05) is 61.7 Å². The molecule has 0 radical (unpaired) electrons. The summed E-state index contributed by atoms with van der Waals surface area (Å²) in [6.45, 7) is 0.929. The van der Waals surface area contributed by atoms with Gasteiger partial charge >= 0.3 is 0 Å². The van der Waals surface area contributed by atoms with Crippen LogP contribution in [0.25, 0.3) is 0 Å². The molecular formula is C23H30N2O8S. The first-order valence-electron chi connectivity index (χ1n) is 10.6. The smallest absolute Gasteiger partial charge is 0.243 e. The number of rotatable bonds is 9. The van der Waals surface area contributed by atoms with E-state index < -0.39 is 10.0 Å². The van der Waals surface area contributed by atoms with Crippen molar-refractivity contribution in [3.63, 3.8) is 0 Å². The van der Waals surface area contributed by atoms with Crippen LogP contribution in [0.3, 0.4) is 0 Å². The Bertz CT molecular complexity index is 1130. The van der Waals surface area contributed by atoms with Crippen molar-refractivity contribution in [2.24, 2.45) is 0 Å². The van der Waals surface area contributed by atoms with Gasteiger partial charge in [-0.1, -0.05) is 6.07 Å². The second-order valence-electron chi connectivity index (χ2n) is 7.47. The minimum atomic E-state index is -3.75. The molecule has 0 N–H and O–H groups in total. The van der Waals surface area contributed by atoms with Crippen molar-refractivity contribution in [3.8, 4) is 28.7 Å². The molecule has 0 saturated carbocycles. The Balaban J connectivity index is 1.70. The molecule has 0 unspecified atom stereocenters. The van der Waals surface area contributed by atoms with Gasteiger partial charge in [-0.05, 0) is 18.2 Å². The van der Waals surface area contributed by atoms with E-state index in [4.69, 9.17) is 23.7 Å². The summed E-state index contributed by atoms with van der Waals surface area (Å²) in [7, 11) is 3.72. The third-order valence-electron chi connectivity index (χ3n) is 5.71. The van der Waals surface area contributed by atoms with Crippen LogP contribution in [0.5, 0.6) is 28.7 Å². The zero-order valence-corrected chi connectivity index (χ0v) is 20.8. The molecule has 186 valence electrons. The number of ether oxygens (including phenoxy) is 5. The molecule has 1 heterocycles. The number of methoxy groups -OCH3 is 5. The highest BCUT2D eigenvalue weighted by Crippen LogP contribution is 2.40. The van der Waals surface area contributed by atoms with E-state index in [9.17, 15) is 13.2 Å². The van der Waals surface area contributed by atoms with Crippen LogP contribution in [0.1, 0.15) is 5.56 Å². The van der Waals surface area contributed by atoms with Crippen molar-refractivity contribution in [1.29, 1.82) is 0 Å². The third-order valence-corrected chi connectivity index (χ3v) is 7.61. The highest BCUT2D eigenvalue weighted by molar-refractivity contribution is 7.89. The summed E-state index contributed by atoms with van der Waals surface area (Å²) >= 11 is 0. The Morgan fingerprint density at radius 1 is 0.765 bits per heavy atom. The number of piperazine rings is 1. The van der Waals surface area contributed by atoms with Crippen molar-refractivity contribution >= 4 is 15.9 Å². The van der Waals surface area contributed by atoms with Gasteiger partial charge in [-0.3, -0.25) is 4.79 Å². The van der Waals surface area contributed by atoms with Crippen LogP contribution < -0.4 is 23.7 Å². The fraction of sp³-hybridized carbons (Fsp3) is 0.435.